The van der Waals surface area contributed by atoms with E-state index in [4.69, 9.17) is 0 Å². The Labute approximate surface area is 141 Å². The molecular formula is C19H21FN2O2. The molecule has 2 aromatic carbocycles. The fourth-order valence-electron chi connectivity index (χ4n) is 2.52. The van der Waals surface area contributed by atoms with E-state index in [2.05, 4.69) is 5.32 Å². The van der Waals surface area contributed by atoms with Crippen LogP contribution in [0.4, 0.5) is 15.8 Å². The van der Waals surface area contributed by atoms with Crippen molar-refractivity contribution in [3.05, 3.63) is 59.4 Å². The van der Waals surface area contributed by atoms with Crippen molar-refractivity contribution in [3.63, 3.8) is 0 Å². The molecule has 4 nitrogen and oxygen atoms in total. The van der Waals surface area contributed by atoms with Crippen LogP contribution in [0.5, 0.6) is 0 Å². The summed E-state index contributed by atoms with van der Waals surface area (Å²) in [6.45, 7) is 5.52. The van der Waals surface area contributed by atoms with E-state index in [-0.39, 0.29) is 30.6 Å². The van der Waals surface area contributed by atoms with Gasteiger partial charge in [0.15, 0.2) is 0 Å². The summed E-state index contributed by atoms with van der Waals surface area (Å²) in [6.07, 6.45) is 0.157. The van der Waals surface area contributed by atoms with E-state index >= 15 is 0 Å². The first-order chi connectivity index (χ1) is 11.4. The number of hydrogen-bond donors (Lipinski definition) is 1. The second-order valence-electron chi connectivity index (χ2n) is 5.71. The van der Waals surface area contributed by atoms with Gasteiger partial charge in [-0.3, -0.25) is 9.59 Å². The molecule has 0 aliphatic rings. The summed E-state index contributed by atoms with van der Waals surface area (Å²) in [5.74, 6) is -0.725. The van der Waals surface area contributed by atoms with Crippen molar-refractivity contribution in [2.24, 2.45) is 0 Å². The van der Waals surface area contributed by atoms with Crippen molar-refractivity contribution < 1.29 is 14.0 Å². The SMILES string of the molecule is CC(=O)N(CCC(=O)Nc1c(C)cccc1C)c1ccc(F)cc1. The van der Waals surface area contributed by atoms with Crippen LogP contribution < -0.4 is 10.2 Å². The van der Waals surface area contributed by atoms with Gasteiger partial charge >= 0.3 is 0 Å². The Morgan fingerprint density at radius 3 is 2.17 bits per heavy atom. The molecule has 126 valence electrons. The van der Waals surface area contributed by atoms with Crippen molar-refractivity contribution in [3.8, 4) is 0 Å². The fourth-order valence-corrected chi connectivity index (χ4v) is 2.52. The van der Waals surface area contributed by atoms with Gasteiger partial charge in [0, 0.05) is 31.3 Å². The summed E-state index contributed by atoms with van der Waals surface area (Å²) < 4.78 is 13.0. The highest BCUT2D eigenvalue weighted by Crippen LogP contribution is 2.20. The first-order valence-corrected chi connectivity index (χ1v) is 7.78. The van der Waals surface area contributed by atoms with E-state index in [1.807, 2.05) is 32.0 Å². The number of hydrogen-bond acceptors (Lipinski definition) is 2. The molecule has 5 heteroatoms. The molecule has 0 unspecified atom stereocenters. The number of nitrogens with one attached hydrogen (secondary N) is 1. The molecule has 2 rings (SSSR count). The van der Waals surface area contributed by atoms with Gasteiger partial charge in [-0.2, -0.15) is 0 Å². The number of rotatable bonds is 5. The molecule has 0 spiro atoms. The smallest absolute Gasteiger partial charge is 0.226 e. The molecule has 0 aliphatic heterocycles. The minimum Gasteiger partial charge on any atom is -0.326 e. The largest absolute Gasteiger partial charge is 0.326 e. The van der Waals surface area contributed by atoms with Crippen LogP contribution in [0.3, 0.4) is 0 Å². The van der Waals surface area contributed by atoms with Gasteiger partial charge < -0.3 is 10.2 Å². The van der Waals surface area contributed by atoms with Crippen LogP contribution in [0.1, 0.15) is 24.5 Å². The van der Waals surface area contributed by atoms with Crippen molar-refractivity contribution in [2.45, 2.75) is 27.2 Å². The molecule has 0 bridgehead atoms. The van der Waals surface area contributed by atoms with E-state index < -0.39 is 0 Å². The van der Waals surface area contributed by atoms with Crippen molar-refractivity contribution in [1.82, 2.24) is 0 Å². The maximum Gasteiger partial charge on any atom is 0.226 e. The highest BCUT2D eigenvalue weighted by atomic mass is 19.1. The topological polar surface area (TPSA) is 49.4 Å². The zero-order valence-electron chi connectivity index (χ0n) is 14.1. The lowest BCUT2D eigenvalue weighted by Gasteiger charge is -2.21. The molecule has 2 amide bonds. The van der Waals surface area contributed by atoms with Gasteiger partial charge in [-0.1, -0.05) is 18.2 Å². The Kier molecular flexibility index (Phi) is 5.68. The van der Waals surface area contributed by atoms with Crippen molar-refractivity contribution in [2.75, 3.05) is 16.8 Å². The molecule has 0 atom stereocenters. The van der Waals surface area contributed by atoms with Crippen LogP contribution in [0.2, 0.25) is 0 Å². The number of benzene rings is 2. The lowest BCUT2D eigenvalue weighted by molar-refractivity contribution is -0.117. The molecule has 0 fully saturated rings. The quantitative estimate of drug-likeness (QED) is 0.907. The van der Waals surface area contributed by atoms with Gasteiger partial charge in [0.25, 0.3) is 0 Å². The number of para-hydroxylation sites is 1. The average Bonchev–Trinajstić information content (AvgIpc) is 2.52. The van der Waals surface area contributed by atoms with Crippen molar-refractivity contribution >= 4 is 23.2 Å². The van der Waals surface area contributed by atoms with Crippen LogP contribution in [0.15, 0.2) is 42.5 Å². The minimum absolute atomic E-state index is 0.157. The number of nitrogens with zero attached hydrogens (tertiary/aromatic N) is 1. The molecule has 24 heavy (non-hydrogen) atoms. The Hall–Kier alpha value is -2.69. The van der Waals surface area contributed by atoms with Gasteiger partial charge in [-0.05, 0) is 49.2 Å². The summed E-state index contributed by atoms with van der Waals surface area (Å²) in [6, 6.07) is 11.4. The number of carbonyl (C=O) groups is 2. The summed E-state index contributed by atoms with van der Waals surface area (Å²) in [5, 5.41) is 2.90. The maximum atomic E-state index is 13.0. The second kappa shape index (κ2) is 7.73. The minimum atomic E-state index is -0.366. The summed E-state index contributed by atoms with van der Waals surface area (Å²) in [7, 11) is 0. The summed E-state index contributed by atoms with van der Waals surface area (Å²) in [4.78, 5) is 25.5. The zero-order chi connectivity index (χ0) is 17.7. The maximum absolute atomic E-state index is 13.0. The Morgan fingerprint density at radius 1 is 1.04 bits per heavy atom. The fraction of sp³-hybridized carbons (Fsp3) is 0.263. The monoisotopic (exact) mass is 328 g/mol. The zero-order valence-corrected chi connectivity index (χ0v) is 14.1. The van der Waals surface area contributed by atoms with Crippen LogP contribution in [-0.4, -0.2) is 18.4 Å². The van der Waals surface area contributed by atoms with E-state index in [9.17, 15) is 14.0 Å². The third-order valence-electron chi connectivity index (χ3n) is 3.83. The van der Waals surface area contributed by atoms with E-state index in [0.29, 0.717) is 5.69 Å². The van der Waals surface area contributed by atoms with Crippen LogP contribution >= 0.6 is 0 Å². The number of aryl methyl sites for hydroxylation is 2. The Bertz CT molecular complexity index is 721. The summed E-state index contributed by atoms with van der Waals surface area (Å²) >= 11 is 0. The van der Waals surface area contributed by atoms with Gasteiger partial charge in [-0.25, -0.2) is 4.39 Å². The first kappa shape index (κ1) is 17.7. The average molecular weight is 328 g/mol. The summed E-state index contributed by atoms with van der Waals surface area (Å²) in [5.41, 5.74) is 3.36. The highest BCUT2D eigenvalue weighted by molar-refractivity contribution is 5.95. The standard InChI is InChI=1S/C19H21FN2O2/c1-13-5-4-6-14(2)19(13)21-18(24)11-12-22(15(3)23)17-9-7-16(20)8-10-17/h4-10H,11-12H2,1-3H3,(H,21,24). The molecule has 0 aromatic heterocycles. The predicted octanol–water partition coefficient (Wildman–Crippen LogP) is 3.82. The lowest BCUT2D eigenvalue weighted by atomic mass is 10.1. The van der Waals surface area contributed by atoms with Gasteiger partial charge in [0.1, 0.15) is 5.82 Å². The molecular weight excluding hydrogens is 307 g/mol. The third kappa shape index (κ3) is 4.41. The number of amides is 2. The predicted molar refractivity (Wildman–Crippen MR) is 93.6 cm³/mol. The van der Waals surface area contributed by atoms with Gasteiger partial charge in [0.2, 0.25) is 11.8 Å². The van der Waals surface area contributed by atoms with Crippen LogP contribution in [0, 0.1) is 19.7 Å². The molecule has 0 heterocycles. The van der Waals surface area contributed by atoms with Crippen LogP contribution in [-0.2, 0) is 9.59 Å². The molecule has 0 aliphatic carbocycles. The normalized spacial score (nSPS) is 10.3. The number of carbonyl (C=O) groups excluding carboxylic acids is 2. The molecule has 0 saturated heterocycles. The lowest BCUT2D eigenvalue weighted by Crippen LogP contribution is -2.32. The van der Waals surface area contributed by atoms with E-state index in [0.717, 1.165) is 16.8 Å². The molecule has 0 saturated carbocycles. The first-order valence-electron chi connectivity index (χ1n) is 7.78. The van der Waals surface area contributed by atoms with Crippen molar-refractivity contribution in [1.29, 1.82) is 0 Å². The molecule has 2 aromatic rings. The van der Waals surface area contributed by atoms with Crippen LogP contribution in [0.25, 0.3) is 0 Å². The highest BCUT2D eigenvalue weighted by Gasteiger charge is 2.14. The number of halogens is 1. The molecule has 0 radical (unpaired) electrons. The van der Waals surface area contributed by atoms with E-state index in [1.54, 1.807) is 0 Å². The molecule has 1 N–H and O–H groups in total. The van der Waals surface area contributed by atoms with E-state index in [1.165, 1.54) is 36.1 Å². The Balaban J connectivity index is 2.03. The Morgan fingerprint density at radius 2 is 1.62 bits per heavy atom. The van der Waals surface area contributed by atoms with Gasteiger partial charge in [0.05, 0.1) is 0 Å². The number of anilines is 2. The third-order valence-corrected chi connectivity index (χ3v) is 3.83. The van der Waals surface area contributed by atoms with Gasteiger partial charge in [-0.15, -0.1) is 0 Å². The second-order valence-corrected chi connectivity index (χ2v) is 5.71.